The zero-order chi connectivity index (χ0) is 27.8. The van der Waals surface area contributed by atoms with Gasteiger partial charge in [0.15, 0.2) is 0 Å². The van der Waals surface area contributed by atoms with Gasteiger partial charge in [0.2, 0.25) is 5.91 Å². The smallest absolute Gasteiger partial charge is 0.408 e. The summed E-state index contributed by atoms with van der Waals surface area (Å²) >= 11 is 0. The van der Waals surface area contributed by atoms with E-state index in [1.165, 1.54) is 0 Å². The largest absolute Gasteiger partial charge is 0.444 e. The predicted molar refractivity (Wildman–Crippen MR) is 148 cm³/mol. The number of nitrogens with zero attached hydrogens (tertiary/aromatic N) is 1. The van der Waals surface area contributed by atoms with E-state index in [0.717, 1.165) is 11.1 Å². The summed E-state index contributed by atoms with van der Waals surface area (Å²) in [5, 5.41) is 5.82. The van der Waals surface area contributed by atoms with Crippen LogP contribution in [0.15, 0.2) is 48.5 Å². The van der Waals surface area contributed by atoms with Crippen LogP contribution in [-0.2, 0) is 14.3 Å². The molecule has 0 aliphatic heterocycles. The minimum atomic E-state index is -0.875. The van der Waals surface area contributed by atoms with E-state index in [4.69, 9.17) is 4.74 Å². The summed E-state index contributed by atoms with van der Waals surface area (Å²) in [5.74, 6) is -0.787. The van der Waals surface area contributed by atoms with Crippen molar-refractivity contribution in [2.45, 2.75) is 85.9 Å². The summed E-state index contributed by atoms with van der Waals surface area (Å²) in [5.41, 5.74) is 2.68. The molecule has 0 spiro atoms. The Morgan fingerprint density at radius 3 is 2.14 bits per heavy atom. The Balaban J connectivity index is 2.51. The van der Waals surface area contributed by atoms with Gasteiger partial charge in [0, 0.05) is 12.2 Å². The molecule has 0 aliphatic carbocycles. The molecule has 202 valence electrons. The highest BCUT2D eigenvalue weighted by atomic mass is 16.6. The Bertz CT molecular complexity index is 1060. The van der Waals surface area contributed by atoms with Crippen molar-refractivity contribution in [3.63, 3.8) is 0 Å². The lowest BCUT2D eigenvalue weighted by atomic mass is 9.95. The fourth-order valence-corrected chi connectivity index (χ4v) is 4.04. The molecule has 37 heavy (non-hydrogen) atoms. The maximum Gasteiger partial charge on any atom is 0.408 e. The second-order valence-corrected chi connectivity index (χ2v) is 10.7. The Labute approximate surface area is 222 Å². The Morgan fingerprint density at radius 2 is 1.59 bits per heavy atom. The number of aryl methyl sites for hydroxylation is 2. The third-order valence-corrected chi connectivity index (χ3v) is 6.25. The molecule has 7 heteroatoms. The summed E-state index contributed by atoms with van der Waals surface area (Å²) in [7, 11) is 0. The van der Waals surface area contributed by atoms with Crippen molar-refractivity contribution in [1.29, 1.82) is 0 Å². The zero-order valence-corrected chi connectivity index (χ0v) is 23.6. The van der Waals surface area contributed by atoms with Crippen LogP contribution >= 0.6 is 0 Å². The summed E-state index contributed by atoms with van der Waals surface area (Å²) in [4.78, 5) is 42.2. The van der Waals surface area contributed by atoms with Gasteiger partial charge in [-0.15, -0.1) is 0 Å². The van der Waals surface area contributed by atoms with E-state index in [0.29, 0.717) is 30.6 Å². The Kier molecular flexibility index (Phi) is 10.7. The van der Waals surface area contributed by atoms with Crippen LogP contribution in [0.1, 0.15) is 77.1 Å². The highest BCUT2D eigenvalue weighted by molar-refractivity contribution is 5.99. The number of carbonyl (C=O) groups is 3. The molecule has 2 rings (SSSR count). The molecule has 0 saturated heterocycles. The van der Waals surface area contributed by atoms with E-state index in [1.54, 1.807) is 25.7 Å². The van der Waals surface area contributed by atoms with E-state index in [1.807, 2.05) is 83.1 Å². The van der Waals surface area contributed by atoms with Gasteiger partial charge >= 0.3 is 6.09 Å². The van der Waals surface area contributed by atoms with Crippen LogP contribution in [0.25, 0.3) is 0 Å². The number of nitrogens with one attached hydrogen (secondary N) is 2. The molecule has 7 nitrogen and oxygen atoms in total. The first kappa shape index (κ1) is 29.9. The first-order chi connectivity index (χ1) is 17.4. The van der Waals surface area contributed by atoms with Crippen molar-refractivity contribution in [3.05, 3.63) is 65.2 Å². The summed E-state index contributed by atoms with van der Waals surface area (Å²) in [6, 6.07) is 13.5. The number of hydrogen-bond donors (Lipinski definition) is 2. The van der Waals surface area contributed by atoms with Gasteiger partial charge < -0.3 is 20.3 Å². The van der Waals surface area contributed by atoms with Crippen molar-refractivity contribution in [1.82, 2.24) is 10.2 Å². The number of benzene rings is 2. The Morgan fingerprint density at radius 1 is 0.973 bits per heavy atom. The molecular weight excluding hydrogens is 466 g/mol. The molecular formula is C30H43N3O4. The number of amides is 3. The Hall–Kier alpha value is -3.35. The van der Waals surface area contributed by atoms with Crippen LogP contribution in [0.3, 0.4) is 0 Å². The lowest BCUT2D eigenvalue weighted by molar-refractivity contribution is -0.141. The summed E-state index contributed by atoms with van der Waals surface area (Å²) in [6.45, 7) is 15.4. The van der Waals surface area contributed by atoms with E-state index in [-0.39, 0.29) is 17.7 Å². The van der Waals surface area contributed by atoms with E-state index >= 15 is 0 Å². The molecule has 0 saturated carbocycles. The van der Waals surface area contributed by atoms with Gasteiger partial charge in [0.1, 0.15) is 17.7 Å². The minimum Gasteiger partial charge on any atom is -0.444 e. The summed E-state index contributed by atoms with van der Waals surface area (Å²) < 4.78 is 5.45. The van der Waals surface area contributed by atoms with Gasteiger partial charge in [0.25, 0.3) is 5.91 Å². The number of anilines is 1. The predicted octanol–water partition coefficient (Wildman–Crippen LogP) is 6.16. The van der Waals surface area contributed by atoms with Crippen LogP contribution in [0.5, 0.6) is 0 Å². The average Bonchev–Trinajstić information content (AvgIpc) is 2.82. The fraction of sp³-hybridized carbons (Fsp3) is 0.500. The maximum absolute atomic E-state index is 14.1. The van der Waals surface area contributed by atoms with Crippen molar-refractivity contribution in [2.75, 3.05) is 11.9 Å². The molecule has 2 aromatic carbocycles. The van der Waals surface area contributed by atoms with Gasteiger partial charge in [0.05, 0.1) is 0 Å². The van der Waals surface area contributed by atoms with Crippen molar-refractivity contribution >= 4 is 23.6 Å². The average molecular weight is 510 g/mol. The van der Waals surface area contributed by atoms with Gasteiger partial charge in [-0.1, -0.05) is 75.2 Å². The molecule has 3 amide bonds. The molecule has 0 heterocycles. The molecule has 2 aromatic rings. The highest BCUT2D eigenvalue weighted by Crippen LogP contribution is 2.27. The SMILES string of the molecule is CCCN(C(=O)C(NC(=O)OC(C)(C)C)C(C)CC)C(C(=O)Nc1ccccc1C)c1ccc(C)cc1. The van der Waals surface area contributed by atoms with E-state index < -0.39 is 23.8 Å². The monoisotopic (exact) mass is 509 g/mol. The number of carbonyl (C=O) groups excluding carboxylic acids is 3. The lowest BCUT2D eigenvalue weighted by Gasteiger charge is -2.36. The molecule has 0 aliphatic rings. The quantitative estimate of drug-likeness (QED) is 0.401. The third-order valence-electron chi connectivity index (χ3n) is 6.25. The lowest BCUT2D eigenvalue weighted by Crippen LogP contribution is -2.54. The molecule has 3 atom stereocenters. The number of ether oxygens (including phenoxy) is 1. The third kappa shape index (κ3) is 8.62. The van der Waals surface area contributed by atoms with Crippen LogP contribution < -0.4 is 10.6 Å². The highest BCUT2D eigenvalue weighted by Gasteiger charge is 2.37. The van der Waals surface area contributed by atoms with Gasteiger partial charge in [-0.05, 0) is 64.2 Å². The molecule has 0 radical (unpaired) electrons. The molecule has 0 fully saturated rings. The number of alkyl carbamates (subject to hydrolysis) is 1. The first-order valence-corrected chi connectivity index (χ1v) is 13.1. The normalized spacial score (nSPS) is 13.7. The zero-order valence-electron chi connectivity index (χ0n) is 23.6. The number of para-hydroxylation sites is 1. The maximum atomic E-state index is 14.1. The standard InChI is InChI=1S/C30H43N3O4/c1-9-19-33(28(35)25(21(4)10-2)32-29(36)37-30(6,7)8)26(23-17-15-20(3)16-18-23)27(34)31-24-14-12-11-13-22(24)5/h11-18,21,25-26H,9-10,19H2,1-8H3,(H,31,34)(H,32,36). The van der Waals surface area contributed by atoms with Crippen LogP contribution in [0.4, 0.5) is 10.5 Å². The van der Waals surface area contributed by atoms with Crippen molar-refractivity contribution in [2.24, 2.45) is 5.92 Å². The van der Waals surface area contributed by atoms with Crippen molar-refractivity contribution < 1.29 is 19.1 Å². The minimum absolute atomic E-state index is 0.169. The second-order valence-electron chi connectivity index (χ2n) is 10.7. The van der Waals surface area contributed by atoms with Crippen molar-refractivity contribution in [3.8, 4) is 0 Å². The van der Waals surface area contributed by atoms with Crippen LogP contribution in [0.2, 0.25) is 0 Å². The first-order valence-electron chi connectivity index (χ1n) is 13.1. The van der Waals surface area contributed by atoms with Crippen LogP contribution in [0, 0.1) is 19.8 Å². The van der Waals surface area contributed by atoms with Gasteiger partial charge in [-0.2, -0.15) is 0 Å². The number of rotatable bonds is 10. The van der Waals surface area contributed by atoms with E-state index in [2.05, 4.69) is 10.6 Å². The van der Waals surface area contributed by atoms with Crippen LogP contribution in [-0.4, -0.2) is 41.0 Å². The molecule has 0 aromatic heterocycles. The molecule has 3 unspecified atom stereocenters. The second kappa shape index (κ2) is 13.3. The topological polar surface area (TPSA) is 87.7 Å². The van der Waals surface area contributed by atoms with Gasteiger partial charge in [-0.25, -0.2) is 4.79 Å². The fourth-order valence-electron chi connectivity index (χ4n) is 4.04. The molecule has 0 bridgehead atoms. The summed E-state index contributed by atoms with van der Waals surface area (Å²) in [6.07, 6.45) is 0.654. The van der Waals surface area contributed by atoms with Gasteiger partial charge in [-0.3, -0.25) is 9.59 Å². The number of hydrogen-bond acceptors (Lipinski definition) is 4. The molecule has 2 N–H and O–H groups in total. The van der Waals surface area contributed by atoms with E-state index in [9.17, 15) is 14.4 Å².